The number of methoxy groups -OCH3 is 2. The number of nitrogen functional groups attached to an aromatic ring is 2. The Morgan fingerprint density at radius 2 is 1.76 bits per heavy atom. The molecule has 0 bridgehead atoms. The van der Waals surface area contributed by atoms with E-state index in [1.165, 1.54) is 6.20 Å². The van der Waals surface area contributed by atoms with Gasteiger partial charge >= 0.3 is 0 Å². The Bertz CT molecular complexity index is 1190. The highest BCUT2D eigenvalue weighted by Gasteiger charge is 2.08. The average molecular weight is 466 g/mol. The van der Waals surface area contributed by atoms with Crippen LogP contribution in [0.2, 0.25) is 5.28 Å². The van der Waals surface area contributed by atoms with E-state index < -0.39 is 0 Å². The van der Waals surface area contributed by atoms with E-state index in [1.54, 1.807) is 32.7 Å². The highest BCUT2D eigenvalue weighted by atomic mass is 35.5. The molecule has 33 heavy (non-hydrogen) atoms. The van der Waals surface area contributed by atoms with Crippen LogP contribution in [0.1, 0.15) is 5.56 Å². The molecule has 0 saturated carbocycles. The van der Waals surface area contributed by atoms with Crippen molar-refractivity contribution in [1.29, 1.82) is 0 Å². The van der Waals surface area contributed by atoms with Crippen molar-refractivity contribution >= 4 is 28.9 Å². The maximum Gasteiger partial charge on any atom is 0.224 e. The molecule has 0 atom stereocenters. The van der Waals surface area contributed by atoms with Gasteiger partial charge in [-0.3, -0.25) is 4.98 Å². The number of hydrogen-bond acceptors (Lipinski definition) is 9. The second-order valence-electron chi connectivity index (χ2n) is 6.71. The van der Waals surface area contributed by atoms with Gasteiger partial charge in [-0.15, -0.1) is 0 Å². The quantitative estimate of drug-likeness (QED) is 0.284. The number of benzene rings is 2. The molecule has 9 nitrogen and oxygen atoms in total. The smallest absolute Gasteiger partial charge is 0.224 e. The fourth-order valence-corrected chi connectivity index (χ4v) is 2.98. The van der Waals surface area contributed by atoms with Crippen LogP contribution in [-0.2, 0) is 6.54 Å². The molecule has 0 aliphatic heterocycles. The summed E-state index contributed by atoms with van der Waals surface area (Å²) >= 11 is 5.34. The summed E-state index contributed by atoms with van der Waals surface area (Å²) in [7, 11) is 3.22. The fraction of sp³-hybridized carbons (Fsp3) is 0.130. The van der Waals surface area contributed by atoms with E-state index in [-0.39, 0.29) is 5.28 Å². The minimum atomic E-state index is 0.185. The fourth-order valence-electron chi connectivity index (χ4n) is 2.83. The zero-order valence-corrected chi connectivity index (χ0v) is 19.0. The number of nitrogens with zero attached hydrogens (tertiary/aromatic N) is 4. The van der Waals surface area contributed by atoms with Gasteiger partial charge < -0.3 is 26.3 Å². The summed E-state index contributed by atoms with van der Waals surface area (Å²) in [6.45, 7) is 0.620. The predicted octanol–water partition coefficient (Wildman–Crippen LogP) is 4.07. The third kappa shape index (κ3) is 6.94. The SMILES string of the molecule is COc1ccc(-c2cncc(NCc3cccc(N)c3)n2)cc1OC.Nc1ccnc(Cl)n1. The molecule has 2 aromatic heterocycles. The van der Waals surface area contributed by atoms with Crippen molar-refractivity contribution in [1.82, 2.24) is 19.9 Å². The molecule has 0 unspecified atom stereocenters. The monoisotopic (exact) mass is 465 g/mol. The lowest BCUT2D eigenvalue weighted by molar-refractivity contribution is 0.355. The number of aromatic nitrogens is 4. The first-order valence-corrected chi connectivity index (χ1v) is 10.2. The lowest BCUT2D eigenvalue weighted by Crippen LogP contribution is -2.03. The second kappa shape index (κ2) is 11.5. The van der Waals surface area contributed by atoms with Gasteiger partial charge in [0.1, 0.15) is 11.6 Å². The van der Waals surface area contributed by atoms with Crippen molar-refractivity contribution in [3.8, 4) is 22.8 Å². The molecular formula is C23H24ClN7O2. The van der Waals surface area contributed by atoms with Gasteiger partial charge in [0.25, 0.3) is 0 Å². The second-order valence-corrected chi connectivity index (χ2v) is 7.05. The van der Waals surface area contributed by atoms with Crippen LogP contribution in [-0.4, -0.2) is 34.2 Å². The van der Waals surface area contributed by atoms with Crippen LogP contribution in [0, 0.1) is 0 Å². The molecule has 2 aromatic carbocycles. The van der Waals surface area contributed by atoms with E-state index in [1.807, 2.05) is 42.5 Å². The molecule has 4 rings (SSSR count). The van der Waals surface area contributed by atoms with Crippen molar-refractivity contribution in [3.05, 3.63) is 78.0 Å². The standard InChI is InChI=1S/C19H20N4O2.C4H4ClN3/c1-24-17-7-6-14(9-18(17)25-2)16-11-21-12-19(23-16)22-10-13-4-3-5-15(20)8-13;5-4-7-2-1-3(6)8-4/h3-9,11-12H,10,20H2,1-2H3,(H,22,23);1-2H,(H2,6,7,8). The van der Waals surface area contributed by atoms with Gasteiger partial charge in [-0.25, -0.2) is 15.0 Å². The number of nitrogens with two attached hydrogens (primary N) is 2. The van der Waals surface area contributed by atoms with Crippen LogP contribution in [0.4, 0.5) is 17.3 Å². The van der Waals surface area contributed by atoms with Gasteiger partial charge in [0.05, 0.1) is 32.3 Å². The van der Waals surface area contributed by atoms with Crippen molar-refractivity contribution in [2.24, 2.45) is 0 Å². The van der Waals surface area contributed by atoms with E-state index in [2.05, 4.69) is 25.3 Å². The third-order valence-electron chi connectivity index (χ3n) is 4.39. The summed E-state index contributed by atoms with van der Waals surface area (Å²) in [5.41, 5.74) is 14.5. The van der Waals surface area contributed by atoms with E-state index in [4.69, 9.17) is 32.5 Å². The zero-order valence-electron chi connectivity index (χ0n) is 18.2. The molecule has 0 amide bonds. The maximum absolute atomic E-state index is 5.80. The van der Waals surface area contributed by atoms with E-state index >= 15 is 0 Å². The summed E-state index contributed by atoms with van der Waals surface area (Å²) in [6, 6.07) is 15.0. The number of ether oxygens (including phenoxy) is 2. The van der Waals surface area contributed by atoms with E-state index in [0.717, 1.165) is 22.5 Å². The minimum absolute atomic E-state index is 0.185. The van der Waals surface area contributed by atoms with Crippen molar-refractivity contribution in [3.63, 3.8) is 0 Å². The van der Waals surface area contributed by atoms with Gasteiger partial charge in [0.2, 0.25) is 5.28 Å². The first kappa shape index (κ1) is 23.6. The molecule has 0 saturated heterocycles. The largest absolute Gasteiger partial charge is 0.493 e. The van der Waals surface area contributed by atoms with Gasteiger partial charge in [-0.2, -0.15) is 0 Å². The van der Waals surface area contributed by atoms with Crippen LogP contribution in [0.3, 0.4) is 0 Å². The molecule has 5 N–H and O–H groups in total. The van der Waals surface area contributed by atoms with Crippen molar-refractivity contribution in [2.75, 3.05) is 31.0 Å². The molecule has 0 aliphatic rings. The number of halogens is 1. The van der Waals surface area contributed by atoms with Gasteiger partial charge in [0, 0.05) is 24.0 Å². The highest BCUT2D eigenvalue weighted by molar-refractivity contribution is 6.28. The Balaban J connectivity index is 0.000000323. The zero-order chi connectivity index (χ0) is 23.6. The summed E-state index contributed by atoms with van der Waals surface area (Å²) in [4.78, 5) is 16.1. The Morgan fingerprint density at radius 1 is 0.939 bits per heavy atom. The minimum Gasteiger partial charge on any atom is -0.493 e. The first-order valence-electron chi connectivity index (χ1n) is 9.85. The molecule has 0 radical (unpaired) electrons. The number of anilines is 3. The van der Waals surface area contributed by atoms with Gasteiger partial charge in [0.15, 0.2) is 11.5 Å². The molecule has 170 valence electrons. The van der Waals surface area contributed by atoms with Crippen LogP contribution in [0.5, 0.6) is 11.5 Å². The van der Waals surface area contributed by atoms with Crippen LogP contribution in [0.25, 0.3) is 11.3 Å². The van der Waals surface area contributed by atoms with Gasteiger partial charge in [-0.05, 0) is 53.6 Å². The summed E-state index contributed by atoms with van der Waals surface area (Å²) in [5, 5.41) is 3.45. The number of hydrogen-bond donors (Lipinski definition) is 3. The third-order valence-corrected chi connectivity index (χ3v) is 4.57. The number of nitrogens with one attached hydrogen (secondary N) is 1. The van der Waals surface area contributed by atoms with Crippen LogP contribution < -0.4 is 26.3 Å². The lowest BCUT2D eigenvalue weighted by atomic mass is 10.1. The Kier molecular flexibility index (Phi) is 8.20. The molecule has 0 aliphatic carbocycles. The molecule has 0 spiro atoms. The Labute approximate surface area is 196 Å². The summed E-state index contributed by atoms with van der Waals surface area (Å²) < 4.78 is 10.6. The van der Waals surface area contributed by atoms with Gasteiger partial charge in [-0.1, -0.05) is 12.1 Å². The van der Waals surface area contributed by atoms with Crippen LogP contribution >= 0.6 is 11.6 Å². The molecule has 0 fully saturated rings. The van der Waals surface area contributed by atoms with Crippen LogP contribution in [0.15, 0.2) is 67.1 Å². The van der Waals surface area contributed by atoms with E-state index in [9.17, 15) is 0 Å². The Hall–Kier alpha value is -4.11. The normalized spacial score (nSPS) is 10.0. The maximum atomic E-state index is 5.80. The lowest BCUT2D eigenvalue weighted by Gasteiger charge is -2.10. The summed E-state index contributed by atoms with van der Waals surface area (Å²) in [6.07, 6.45) is 4.91. The average Bonchev–Trinajstić information content (AvgIpc) is 2.83. The molecule has 2 heterocycles. The Morgan fingerprint density at radius 3 is 2.42 bits per heavy atom. The summed E-state index contributed by atoms with van der Waals surface area (Å²) in [5.74, 6) is 2.41. The molecule has 4 aromatic rings. The first-order chi connectivity index (χ1) is 16.0. The number of rotatable bonds is 6. The van der Waals surface area contributed by atoms with E-state index in [0.29, 0.717) is 29.7 Å². The molecule has 10 heteroatoms. The topological polar surface area (TPSA) is 134 Å². The van der Waals surface area contributed by atoms with Crippen molar-refractivity contribution in [2.45, 2.75) is 6.54 Å². The highest BCUT2D eigenvalue weighted by Crippen LogP contribution is 2.31. The molecular weight excluding hydrogens is 442 g/mol. The predicted molar refractivity (Wildman–Crippen MR) is 130 cm³/mol. The van der Waals surface area contributed by atoms with Crippen molar-refractivity contribution < 1.29 is 9.47 Å².